The van der Waals surface area contributed by atoms with Crippen molar-refractivity contribution in [3.05, 3.63) is 29.8 Å². The summed E-state index contributed by atoms with van der Waals surface area (Å²) in [5.74, 6) is -0.841. The van der Waals surface area contributed by atoms with E-state index in [2.05, 4.69) is 10.3 Å². The van der Waals surface area contributed by atoms with Crippen molar-refractivity contribution in [1.82, 2.24) is 10.3 Å². The van der Waals surface area contributed by atoms with Crippen LogP contribution in [-0.4, -0.2) is 16.9 Å². The molecule has 0 atom stereocenters. The Morgan fingerprint density at radius 1 is 1.62 bits per heavy atom. The molecular weight excluding hydrogens is 171 g/mol. The van der Waals surface area contributed by atoms with E-state index < -0.39 is 5.95 Å². The largest absolute Gasteiger partial charge is 0.349 e. The Kier molecular flexibility index (Phi) is 1.96. The third-order valence-electron chi connectivity index (χ3n) is 1.90. The number of aromatic nitrogens is 1. The number of halogens is 1. The zero-order valence-corrected chi connectivity index (χ0v) is 6.96. The van der Waals surface area contributed by atoms with Gasteiger partial charge in [0.2, 0.25) is 5.95 Å². The minimum atomic E-state index is -0.622. The van der Waals surface area contributed by atoms with E-state index in [4.69, 9.17) is 0 Å². The van der Waals surface area contributed by atoms with Crippen LogP contribution in [0, 0.1) is 5.95 Å². The number of carbonyl (C=O) groups is 1. The highest BCUT2D eigenvalue weighted by Crippen LogP contribution is 2.19. The summed E-state index contributed by atoms with van der Waals surface area (Å²) >= 11 is 0. The molecule has 1 amide bonds. The fourth-order valence-electron chi connectivity index (χ4n) is 1.04. The molecule has 1 N–H and O–H groups in total. The molecule has 1 saturated carbocycles. The molecule has 1 aromatic heterocycles. The van der Waals surface area contributed by atoms with Crippen LogP contribution < -0.4 is 5.32 Å². The van der Waals surface area contributed by atoms with Gasteiger partial charge in [-0.05, 0) is 18.9 Å². The predicted octanol–water partition coefficient (Wildman–Crippen LogP) is 1.11. The lowest BCUT2D eigenvalue weighted by Crippen LogP contribution is -2.25. The van der Waals surface area contributed by atoms with Crippen LogP contribution in [0.5, 0.6) is 0 Å². The Hall–Kier alpha value is -1.45. The molecule has 68 valence electrons. The van der Waals surface area contributed by atoms with Gasteiger partial charge in [-0.3, -0.25) is 4.79 Å². The highest BCUT2D eigenvalue weighted by atomic mass is 19.1. The topological polar surface area (TPSA) is 42.0 Å². The Labute approximate surface area is 75.0 Å². The maximum atomic E-state index is 12.6. The summed E-state index contributed by atoms with van der Waals surface area (Å²) in [4.78, 5) is 14.7. The van der Waals surface area contributed by atoms with Crippen molar-refractivity contribution in [2.45, 2.75) is 18.9 Å². The number of pyridine rings is 1. The van der Waals surface area contributed by atoms with Gasteiger partial charge >= 0.3 is 0 Å². The summed E-state index contributed by atoms with van der Waals surface area (Å²) in [6.07, 6.45) is 3.34. The molecular formula is C9H9FN2O. The monoisotopic (exact) mass is 180 g/mol. The zero-order valence-electron chi connectivity index (χ0n) is 6.96. The van der Waals surface area contributed by atoms with Crippen LogP contribution in [0.2, 0.25) is 0 Å². The summed E-state index contributed by atoms with van der Waals surface area (Å²) in [5.41, 5.74) is 0.333. The molecule has 13 heavy (non-hydrogen) atoms. The Morgan fingerprint density at radius 2 is 2.38 bits per heavy atom. The third kappa shape index (κ3) is 2.02. The lowest BCUT2D eigenvalue weighted by Gasteiger charge is -2.01. The predicted molar refractivity (Wildman–Crippen MR) is 44.7 cm³/mol. The standard InChI is InChI=1S/C9H9FN2O/c10-8-5-6(3-4-11-8)9(13)12-7-1-2-7/h3-5,7H,1-2H2,(H,12,13). The van der Waals surface area contributed by atoms with E-state index in [0.29, 0.717) is 11.6 Å². The van der Waals surface area contributed by atoms with Crippen molar-refractivity contribution >= 4 is 5.91 Å². The summed E-state index contributed by atoms with van der Waals surface area (Å²) in [5, 5.41) is 2.76. The van der Waals surface area contributed by atoms with Crippen molar-refractivity contribution < 1.29 is 9.18 Å². The minimum absolute atomic E-state index is 0.219. The second-order valence-corrected chi connectivity index (χ2v) is 3.11. The Morgan fingerprint density at radius 3 is 3.00 bits per heavy atom. The van der Waals surface area contributed by atoms with Gasteiger partial charge in [-0.15, -0.1) is 0 Å². The number of nitrogens with zero attached hydrogens (tertiary/aromatic N) is 1. The molecule has 0 spiro atoms. The molecule has 1 heterocycles. The SMILES string of the molecule is O=C(NC1CC1)c1ccnc(F)c1. The molecule has 0 aliphatic heterocycles. The van der Waals surface area contributed by atoms with E-state index in [1.165, 1.54) is 12.3 Å². The number of amides is 1. The van der Waals surface area contributed by atoms with E-state index in [-0.39, 0.29) is 5.91 Å². The van der Waals surface area contributed by atoms with E-state index in [1.807, 2.05) is 0 Å². The molecule has 0 radical (unpaired) electrons. The van der Waals surface area contributed by atoms with Gasteiger partial charge in [0, 0.05) is 23.9 Å². The fourth-order valence-corrected chi connectivity index (χ4v) is 1.04. The summed E-state index contributed by atoms with van der Waals surface area (Å²) in [6, 6.07) is 2.93. The smallest absolute Gasteiger partial charge is 0.251 e. The van der Waals surface area contributed by atoms with Crippen LogP contribution in [0.4, 0.5) is 4.39 Å². The molecule has 2 rings (SSSR count). The van der Waals surface area contributed by atoms with E-state index >= 15 is 0 Å². The van der Waals surface area contributed by atoms with Gasteiger partial charge in [-0.2, -0.15) is 4.39 Å². The minimum Gasteiger partial charge on any atom is -0.349 e. The highest BCUT2D eigenvalue weighted by molar-refractivity contribution is 5.94. The van der Waals surface area contributed by atoms with E-state index in [0.717, 1.165) is 18.9 Å². The average Bonchev–Trinajstić information content (AvgIpc) is 2.88. The molecule has 3 nitrogen and oxygen atoms in total. The van der Waals surface area contributed by atoms with Crippen LogP contribution in [-0.2, 0) is 0 Å². The summed E-state index contributed by atoms with van der Waals surface area (Å²) in [6.45, 7) is 0. The van der Waals surface area contributed by atoms with Crippen LogP contribution >= 0.6 is 0 Å². The van der Waals surface area contributed by atoms with Crippen LogP contribution in [0.25, 0.3) is 0 Å². The molecule has 0 saturated heterocycles. The Balaban J connectivity index is 2.09. The first-order valence-electron chi connectivity index (χ1n) is 4.18. The molecule has 4 heteroatoms. The molecule has 1 aliphatic carbocycles. The average molecular weight is 180 g/mol. The van der Waals surface area contributed by atoms with E-state index in [1.54, 1.807) is 0 Å². The quantitative estimate of drug-likeness (QED) is 0.693. The van der Waals surface area contributed by atoms with Crippen LogP contribution in [0.15, 0.2) is 18.3 Å². The van der Waals surface area contributed by atoms with Crippen molar-refractivity contribution in [1.29, 1.82) is 0 Å². The number of nitrogens with one attached hydrogen (secondary N) is 1. The van der Waals surface area contributed by atoms with Gasteiger partial charge in [0.25, 0.3) is 5.91 Å². The Bertz CT molecular complexity index is 336. The number of rotatable bonds is 2. The zero-order chi connectivity index (χ0) is 9.26. The second kappa shape index (κ2) is 3.12. The number of carbonyl (C=O) groups excluding carboxylic acids is 1. The van der Waals surface area contributed by atoms with E-state index in [9.17, 15) is 9.18 Å². The van der Waals surface area contributed by atoms with Crippen molar-refractivity contribution in [2.75, 3.05) is 0 Å². The number of hydrogen-bond acceptors (Lipinski definition) is 2. The highest BCUT2D eigenvalue weighted by Gasteiger charge is 2.23. The molecule has 1 aliphatic rings. The van der Waals surface area contributed by atoms with Crippen molar-refractivity contribution in [3.8, 4) is 0 Å². The molecule has 0 unspecified atom stereocenters. The first-order valence-corrected chi connectivity index (χ1v) is 4.18. The third-order valence-corrected chi connectivity index (χ3v) is 1.90. The van der Waals surface area contributed by atoms with Crippen LogP contribution in [0.1, 0.15) is 23.2 Å². The first kappa shape index (κ1) is 8.16. The summed E-state index contributed by atoms with van der Waals surface area (Å²) in [7, 11) is 0. The fraction of sp³-hybridized carbons (Fsp3) is 0.333. The van der Waals surface area contributed by atoms with Gasteiger partial charge in [0.05, 0.1) is 0 Å². The maximum Gasteiger partial charge on any atom is 0.251 e. The molecule has 1 aromatic rings. The molecule has 0 aromatic carbocycles. The second-order valence-electron chi connectivity index (χ2n) is 3.11. The van der Waals surface area contributed by atoms with Gasteiger partial charge in [0.15, 0.2) is 0 Å². The van der Waals surface area contributed by atoms with Gasteiger partial charge < -0.3 is 5.32 Å². The molecule has 0 bridgehead atoms. The van der Waals surface area contributed by atoms with Gasteiger partial charge in [-0.25, -0.2) is 4.98 Å². The molecule has 1 fully saturated rings. The lowest BCUT2D eigenvalue weighted by molar-refractivity contribution is 0.0950. The summed E-state index contributed by atoms with van der Waals surface area (Å²) < 4.78 is 12.6. The van der Waals surface area contributed by atoms with Crippen molar-refractivity contribution in [3.63, 3.8) is 0 Å². The van der Waals surface area contributed by atoms with Gasteiger partial charge in [-0.1, -0.05) is 0 Å². The van der Waals surface area contributed by atoms with Crippen molar-refractivity contribution in [2.24, 2.45) is 0 Å². The number of hydrogen-bond donors (Lipinski definition) is 1. The lowest BCUT2D eigenvalue weighted by atomic mass is 10.2. The normalized spacial score (nSPS) is 15.5. The maximum absolute atomic E-state index is 12.6. The van der Waals surface area contributed by atoms with Gasteiger partial charge in [0.1, 0.15) is 0 Å². The van der Waals surface area contributed by atoms with Crippen LogP contribution in [0.3, 0.4) is 0 Å². The first-order chi connectivity index (χ1) is 6.25.